The molecule has 0 radical (unpaired) electrons. The van der Waals surface area contributed by atoms with E-state index in [1.807, 2.05) is 20.0 Å². The Hall–Kier alpha value is -3.09. The number of aryl methyl sites for hydroxylation is 4. The monoisotopic (exact) mass is 377 g/mol. The summed E-state index contributed by atoms with van der Waals surface area (Å²) in [6, 6.07) is 5.94. The quantitative estimate of drug-likeness (QED) is 0.680. The topological polar surface area (TPSA) is 82.8 Å². The second-order valence-corrected chi connectivity index (χ2v) is 7.45. The summed E-state index contributed by atoms with van der Waals surface area (Å²) in [5.74, 6) is 1.99. The fourth-order valence-corrected chi connectivity index (χ4v) is 3.30. The molecule has 1 fully saturated rings. The van der Waals surface area contributed by atoms with Gasteiger partial charge in [0, 0.05) is 42.5 Å². The van der Waals surface area contributed by atoms with E-state index in [0.29, 0.717) is 47.0 Å². The summed E-state index contributed by atoms with van der Waals surface area (Å²) in [5.41, 5.74) is 4.10. The van der Waals surface area contributed by atoms with Gasteiger partial charge in [0.2, 0.25) is 5.88 Å². The molecule has 0 aliphatic heterocycles. The van der Waals surface area contributed by atoms with Gasteiger partial charge < -0.3 is 4.74 Å². The van der Waals surface area contributed by atoms with Crippen molar-refractivity contribution < 1.29 is 4.74 Å². The molecule has 144 valence electrons. The maximum absolute atomic E-state index is 11.9. The lowest BCUT2D eigenvalue weighted by Gasteiger charge is -2.11. The number of hydrogen-bond donors (Lipinski definition) is 0. The zero-order valence-electron chi connectivity index (χ0n) is 16.5. The highest BCUT2D eigenvalue weighted by atomic mass is 16.5. The van der Waals surface area contributed by atoms with Crippen molar-refractivity contribution in [1.82, 2.24) is 24.7 Å². The van der Waals surface area contributed by atoms with Crippen LogP contribution in [0.2, 0.25) is 0 Å². The molecule has 1 aliphatic rings. The molecule has 3 aromatic heterocycles. The van der Waals surface area contributed by atoms with Gasteiger partial charge in [-0.15, -0.1) is 0 Å². The Bertz CT molecular complexity index is 1050. The third kappa shape index (κ3) is 3.65. The van der Waals surface area contributed by atoms with Crippen LogP contribution in [0.25, 0.3) is 11.3 Å². The Kier molecular flexibility index (Phi) is 4.66. The lowest BCUT2D eigenvalue weighted by atomic mass is 10.2. The van der Waals surface area contributed by atoms with Gasteiger partial charge in [0.05, 0.1) is 17.9 Å². The predicted octanol–water partition coefficient (Wildman–Crippen LogP) is 2.74. The lowest BCUT2D eigenvalue weighted by Crippen LogP contribution is -2.22. The molecule has 7 heteroatoms. The average molecular weight is 377 g/mol. The summed E-state index contributed by atoms with van der Waals surface area (Å²) in [4.78, 5) is 25.2. The van der Waals surface area contributed by atoms with Crippen molar-refractivity contribution in [1.29, 1.82) is 0 Å². The normalized spacial score (nSPS) is 18.1. The van der Waals surface area contributed by atoms with Crippen molar-refractivity contribution in [2.75, 3.05) is 6.61 Å². The minimum Gasteiger partial charge on any atom is -0.477 e. The highest BCUT2D eigenvalue weighted by Gasteiger charge is 2.40. The Morgan fingerprint density at radius 3 is 2.71 bits per heavy atom. The zero-order valence-corrected chi connectivity index (χ0v) is 16.5. The maximum atomic E-state index is 11.9. The molecule has 7 nitrogen and oxygen atoms in total. The number of ether oxygens (including phenoxy) is 1. The minimum absolute atomic E-state index is 0.120. The van der Waals surface area contributed by atoms with E-state index in [1.165, 1.54) is 10.2 Å². The molecule has 0 aromatic carbocycles. The van der Waals surface area contributed by atoms with Gasteiger partial charge in [0.1, 0.15) is 5.82 Å². The Balaban J connectivity index is 1.53. The van der Waals surface area contributed by atoms with Crippen molar-refractivity contribution in [2.45, 2.75) is 33.1 Å². The van der Waals surface area contributed by atoms with E-state index in [1.54, 1.807) is 26.2 Å². The summed E-state index contributed by atoms with van der Waals surface area (Å²) in [6.07, 6.45) is 4.67. The highest BCUT2D eigenvalue weighted by molar-refractivity contribution is 5.63. The number of aromatic nitrogens is 5. The molecule has 1 aliphatic carbocycles. The van der Waals surface area contributed by atoms with E-state index in [9.17, 15) is 4.79 Å². The Morgan fingerprint density at radius 1 is 1.18 bits per heavy atom. The predicted molar refractivity (Wildman–Crippen MR) is 105 cm³/mol. The number of pyridine rings is 1. The van der Waals surface area contributed by atoms with Crippen LogP contribution in [0, 0.1) is 26.7 Å². The second-order valence-electron chi connectivity index (χ2n) is 7.45. The van der Waals surface area contributed by atoms with Gasteiger partial charge >= 0.3 is 0 Å². The van der Waals surface area contributed by atoms with E-state index in [0.717, 1.165) is 12.1 Å². The first-order chi connectivity index (χ1) is 13.4. The first-order valence-electron chi connectivity index (χ1n) is 9.36. The van der Waals surface area contributed by atoms with Crippen molar-refractivity contribution in [3.8, 4) is 17.1 Å². The lowest BCUT2D eigenvalue weighted by molar-refractivity contribution is 0.285. The summed E-state index contributed by atoms with van der Waals surface area (Å²) >= 11 is 0. The van der Waals surface area contributed by atoms with Crippen LogP contribution < -0.4 is 10.3 Å². The molecule has 0 saturated heterocycles. The molecule has 28 heavy (non-hydrogen) atoms. The van der Waals surface area contributed by atoms with Crippen LogP contribution in [0.1, 0.15) is 35.0 Å². The van der Waals surface area contributed by atoms with Gasteiger partial charge in [-0.05, 0) is 44.9 Å². The molecule has 1 saturated carbocycles. The van der Waals surface area contributed by atoms with Crippen molar-refractivity contribution >= 4 is 0 Å². The molecule has 3 heterocycles. The number of nitrogens with zero attached hydrogens (tertiary/aromatic N) is 5. The van der Waals surface area contributed by atoms with Gasteiger partial charge in [-0.3, -0.25) is 9.78 Å². The van der Waals surface area contributed by atoms with E-state index in [2.05, 4.69) is 32.2 Å². The fourth-order valence-electron chi connectivity index (χ4n) is 3.30. The molecule has 2 atom stereocenters. The molecule has 0 N–H and O–H groups in total. The molecule has 0 bridgehead atoms. The van der Waals surface area contributed by atoms with Crippen molar-refractivity contribution in [2.24, 2.45) is 13.0 Å². The smallest absolute Gasteiger partial charge is 0.269 e. The van der Waals surface area contributed by atoms with Crippen LogP contribution in [0.4, 0.5) is 0 Å². The summed E-state index contributed by atoms with van der Waals surface area (Å²) in [5, 5.41) is 4.34. The van der Waals surface area contributed by atoms with Crippen molar-refractivity contribution in [3.05, 3.63) is 63.6 Å². The third-order valence-corrected chi connectivity index (χ3v) is 5.06. The molecular formula is C21H23N5O2. The highest BCUT2D eigenvalue weighted by Crippen LogP contribution is 2.46. The minimum atomic E-state index is -0.120. The molecular weight excluding hydrogens is 354 g/mol. The summed E-state index contributed by atoms with van der Waals surface area (Å²) < 4.78 is 7.40. The molecule has 0 amide bonds. The van der Waals surface area contributed by atoms with Gasteiger partial charge in [-0.2, -0.15) is 10.1 Å². The van der Waals surface area contributed by atoms with Crippen LogP contribution in [0.15, 0.2) is 35.4 Å². The maximum Gasteiger partial charge on any atom is 0.269 e. The van der Waals surface area contributed by atoms with Gasteiger partial charge in [0.15, 0.2) is 0 Å². The second kappa shape index (κ2) is 7.14. The standard InChI is InChI=1S/C21H23N5O2/c1-12-5-6-18(23-9-12)16-8-15(16)11-28-20-17(10-22-14(3)24-20)19-7-13(2)21(27)26(4)25-19/h5-7,9-10,15-16H,8,11H2,1-4H3/t15?,16-/m1/s1. The average Bonchev–Trinajstić information content (AvgIpc) is 3.44. The van der Waals surface area contributed by atoms with E-state index < -0.39 is 0 Å². The van der Waals surface area contributed by atoms with E-state index in [-0.39, 0.29) is 5.56 Å². The van der Waals surface area contributed by atoms with Crippen molar-refractivity contribution in [3.63, 3.8) is 0 Å². The van der Waals surface area contributed by atoms with Crippen LogP contribution in [0.3, 0.4) is 0 Å². The van der Waals surface area contributed by atoms with Gasteiger partial charge in [-0.25, -0.2) is 9.67 Å². The van der Waals surface area contributed by atoms with E-state index in [4.69, 9.17) is 4.74 Å². The van der Waals surface area contributed by atoms with E-state index >= 15 is 0 Å². The Labute approximate surface area is 163 Å². The molecule has 0 spiro atoms. The van der Waals surface area contributed by atoms with Crippen LogP contribution in [-0.4, -0.2) is 31.3 Å². The van der Waals surface area contributed by atoms with Crippen LogP contribution in [0.5, 0.6) is 5.88 Å². The zero-order chi connectivity index (χ0) is 19.8. The number of hydrogen-bond acceptors (Lipinski definition) is 6. The van der Waals surface area contributed by atoms with Gasteiger partial charge in [-0.1, -0.05) is 6.07 Å². The van der Waals surface area contributed by atoms with Crippen LogP contribution in [-0.2, 0) is 7.05 Å². The fraction of sp³-hybridized carbons (Fsp3) is 0.381. The Morgan fingerprint density at radius 2 is 2.00 bits per heavy atom. The largest absolute Gasteiger partial charge is 0.477 e. The third-order valence-electron chi connectivity index (χ3n) is 5.06. The molecule has 1 unspecified atom stereocenters. The molecule has 4 rings (SSSR count). The summed E-state index contributed by atoms with van der Waals surface area (Å²) in [7, 11) is 1.64. The molecule has 3 aromatic rings. The SMILES string of the molecule is Cc1ccc([C@@H]2CC2COc2nc(C)ncc2-c2cc(C)c(=O)n(C)n2)nc1. The first kappa shape index (κ1) is 18.3. The number of rotatable bonds is 5. The first-order valence-corrected chi connectivity index (χ1v) is 9.36. The summed E-state index contributed by atoms with van der Waals surface area (Å²) in [6.45, 7) is 6.20. The van der Waals surface area contributed by atoms with Gasteiger partial charge in [0.25, 0.3) is 5.56 Å². The van der Waals surface area contributed by atoms with Crippen LogP contribution >= 0.6 is 0 Å².